The maximum absolute atomic E-state index is 12.6. The zero-order chi connectivity index (χ0) is 19.6. The number of hydrogen-bond acceptors (Lipinski definition) is 5. The summed E-state index contributed by atoms with van der Waals surface area (Å²) in [6.07, 6.45) is 0.981. The van der Waals surface area contributed by atoms with Crippen LogP contribution >= 0.6 is 0 Å². The summed E-state index contributed by atoms with van der Waals surface area (Å²) in [5.41, 5.74) is 8.66. The molecule has 1 aromatic heterocycles. The van der Waals surface area contributed by atoms with E-state index in [0.29, 0.717) is 12.5 Å². The third-order valence-electron chi connectivity index (χ3n) is 4.42. The van der Waals surface area contributed by atoms with Crippen LogP contribution in [-0.2, 0) is 11.2 Å². The molecule has 3 rings (SSSR count). The van der Waals surface area contributed by atoms with Gasteiger partial charge in [-0.05, 0) is 43.0 Å². The summed E-state index contributed by atoms with van der Waals surface area (Å²) in [5, 5.41) is 2.90. The van der Waals surface area contributed by atoms with Crippen LogP contribution in [0.25, 0.3) is 0 Å². The van der Waals surface area contributed by atoms with E-state index < -0.39 is 0 Å². The molecule has 142 valence electrons. The van der Waals surface area contributed by atoms with Crippen LogP contribution in [0.1, 0.15) is 42.0 Å². The molecule has 0 aliphatic carbocycles. The third-order valence-corrected chi connectivity index (χ3v) is 4.42. The molecule has 2 aromatic rings. The van der Waals surface area contributed by atoms with Gasteiger partial charge in [-0.1, -0.05) is 26.0 Å². The Morgan fingerprint density at radius 3 is 2.81 bits per heavy atom. The largest absolute Gasteiger partial charge is 0.368 e. The van der Waals surface area contributed by atoms with Crippen molar-refractivity contribution < 1.29 is 9.59 Å². The molecule has 1 aliphatic heterocycles. The van der Waals surface area contributed by atoms with Crippen molar-refractivity contribution in [2.45, 2.75) is 39.7 Å². The lowest BCUT2D eigenvalue weighted by Gasteiger charge is -2.17. The van der Waals surface area contributed by atoms with Gasteiger partial charge in [-0.25, -0.2) is 9.97 Å². The van der Waals surface area contributed by atoms with E-state index in [9.17, 15) is 9.59 Å². The van der Waals surface area contributed by atoms with Crippen LogP contribution in [0.5, 0.6) is 0 Å². The Hall–Kier alpha value is -2.96. The average Bonchev–Trinajstić information content (AvgIpc) is 2.94. The molecule has 7 heteroatoms. The van der Waals surface area contributed by atoms with Crippen molar-refractivity contribution in [2.75, 3.05) is 17.2 Å². The Morgan fingerprint density at radius 1 is 1.33 bits per heavy atom. The number of nitrogens with zero attached hydrogens (tertiary/aromatic N) is 3. The number of benzene rings is 1. The zero-order valence-electron chi connectivity index (χ0n) is 15.9. The van der Waals surface area contributed by atoms with E-state index in [1.165, 1.54) is 0 Å². The molecular weight excluding hydrogens is 342 g/mol. The minimum absolute atomic E-state index is 0.00593. The van der Waals surface area contributed by atoms with Crippen molar-refractivity contribution in [2.24, 2.45) is 5.92 Å². The maximum atomic E-state index is 12.6. The number of hydrogen-bond donors (Lipinski definition) is 2. The van der Waals surface area contributed by atoms with Gasteiger partial charge in [-0.2, -0.15) is 0 Å². The molecule has 0 spiro atoms. The zero-order valence-corrected chi connectivity index (χ0v) is 15.9. The molecule has 0 saturated carbocycles. The van der Waals surface area contributed by atoms with E-state index in [-0.39, 0.29) is 35.9 Å². The highest BCUT2D eigenvalue weighted by molar-refractivity contribution is 5.98. The summed E-state index contributed by atoms with van der Waals surface area (Å²) in [4.78, 5) is 34.9. The van der Waals surface area contributed by atoms with Gasteiger partial charge in [0.1, 0.15) is 5.69 Å². The lowest BCUT2D eigenvalue weighted by atomic mass is 10.1. The van der Waals surface area contributed by atoms with Crippen LogP contribution in [-0.4, -0.2) is 34.4 Å². The van der Waals surface area contributed by atoms with E-state index in [2.05, 4.69) is 29.1 Å². The van der Waals surface area contributed by atoms with Gasteiger partial charge in [0, 0.05) is 24.3 Å². The number of anilines is 2. The Kier molecular flexibility index (Phi) is 5.39. The van der Waals surface area contributed by atoms with Gasteiger partial charge in [0.25, 0.3) is 5.91 Å². The van der Waals surface area contributed by atoms with E-state index in [4.69, 9.17) is 5.73 Å². The fourth-order valence-electron chi connectivity index (χ4n) is 3.27. The van der Waals surface area contributed by atoms with Crippen molar-refractivity contribution in [3.63, 3.8) is 0 Å². The molecule has 0 radical (unpaired) electrons. The average molecular weight is 367 g/mol. The molecule has 7 nitrogen and oxygen atoms in total. The number of carbonyl (C=O) groups excluding carboxylic acids is 2. The number of aromatic nitrogens is 2. The predicted octanol–water partition coefficient (Wildman–Crippen LogP) is 2.10. The van der Waals surface area contributed by atoms with Crippen LogP contribution in [0.15, 0.2) is 30.3 Å². The molecule has 1 aromatic carbocycles. The first-order chi connectivity index (χ1) is 12.8. The molecule has 1 atom stereocenters. The van der Waals surface area contributed by atoms with Crippen LogP contribution in [0.2, 0.25) is 0 Å². The minimum Gasteiger partial charge on any atom is -0.368 e. The number of rotatable bonds is 5. The first-order valence-electron chi connectivity index (χ1n) is 9.13. The van der Waals surface area contributed by atoms with E-state index in [1.807, 2.05) is 31.2 Å². The summed E-state index contributed by atoms with van der Waals surface area (Å²) >= 11 is 0. The lowest BCUT2D eigenvalue weighted by Crippen LogP contribution is -2.37. The SMILES string of the molecule is Cc1cccc(N2C[C@@H](NC(=O)c3cc(CC(C)C)nc(N)n3)CC2=O)c1. The summed E-state index contributed by atoms with van der Waals surface area (Å²) in [7, 11) is 0. The molecule has 2 heterocycles. The second kappa shape index (κ2) is 7.73. The molecule has 27 heavy (non-hydrogen) atoms. The van der Waals surface area contributed by atoms with Crippen molar-refractivity contribution >= 4 is 23.5 Å². The summed E-state index contributed by atoms with van der Waals surface area (Å²) in [5.74, 6) is 0.138. The van der Waals surface area contributed by atoms with Crippen LogP contribution in [0.4, 0.5) is 11.6 Å². The smallest absolute Gasteiger partial charge is 0.270 e. The van der Waals surface area contributed by atoms with Gasteiger partial charge >= 0.3 is 0 Å². The first kappa shape index (κ1) is 18.8. The highest BCUT2D eigenvalue weighted by Gasteiger charge is 2.32. The summed E-state index contributed by atoms with van der Waals surface area (Å²) < 4.78 is 0. The minimum atomic E-state index is -0.335. The molecule has 3 N–H and O–H groups in total. The number of aryl methyl sites for hydroxylation is 1. The second-order valence-corrected chi connectivity index (χ2v) is 7.42. The van der Waals surface area contributed by atoms with Crippen molar-refractivity contribution in [1.82, 2.24) is 15.3 Å². The van der Waals surface area contributed by atoms with E-state index >= 15 is 0 Å². The van der Waals surface area contributed by atoms with Gasteiger partial charge in [0.15, 0.2) is 0 Å². The van der Waals surface area contributed by atoms with Gasteiger partial charge in [-0.15, -0.1) is 0 Å². The van der Waals surface area contributed by atoms with E-state index in [0.717, 1.165) is 23.4 Å². The normalized spacial score (nSPS) is 16.8. The third kappa shape index (κ3) is 4.61. The summed E-state index contributed by atoms with van der Waals surface area (Å²) in [6, 6.07) is 9.17. The van der Waals surface area contributed by atoms with Crippen LogP contribution in [0.3, 0.4) is 0 Å². The Balaban J connectivity index is 1.70. The molecule has 1 aliphatic rings. The number of nitrogens with one attached hydrogen (secondary N) is 1. The standard InChI is InChI=1S/C20H25N5O2/c1-12(2)7-14-9-17(24-20(21)23-14)19(27)22-15-10-18(26)25(11-15)16-6-4-5-13(3)8-16/h4-6,8-9,12,15H,7,10-11H2,1-3H3,(H,22,27)(H2,21,23,24)/t15-/m0/s1. The van der Waals surface area contributed by atoms with Gasteiger partial charge in [-0.3, -0.25) is 9.59 Å². The molecule has 1 fully saturated rings. The maximum Gasteiger partial charge on any atom is 0.270 e. The lowest BCUT2D eigenvalue weighted by molar-refractivity contribution is -0.117. The molecule has 0 bridgehead atoms. The number of nitrogens with two attached hydrogens (primary N) is 1. The van der Waals surface area contributed by atoms with Crippen molar-refractivity contribution in [3.8, 4) is 0 Å². The van der Waals surface area contributed by atoms with Crippen LogP contribution in [0, 0.1) is 12.8 Å². The monoisotopic (exact) mass is 367 g/mol. The Labute approximate surface area is 159 Å². The molecule has 2 amide bonds. The van der Waals surface area contributed by atoms with Crippen molar-refractivity contribution in [1.29, 1.82) is 0 Å². The van der Waals surface area contributed by atoms with E-state index in [1.54, 1.807) is 11.0 Å². The highest BCUT2D eigenvalue weighted by Crippen LogP contribution is 2.22. The predicted molar refractivity (Wildman–Crippen MR) is 104 cm³/mol. The number of carbonyl (C=O) groups is 2. The molecular formula is C20H25N5O2. The topological polar surface area (TPSA) is 101 Å². The Bertz CT molecular complexity index is 865. The molecule has 0 unspecified atom stereocenters. The number of amides is 2. The quantitative estimate of drug-likeness (QED) is 0.843. The second-order valence-electron chi connectivity index (χ2n) is 7.42. The highest BCUT2D eigenvalue weighted by atomic mass is 16.2. The first-order valence-corrected chi connectivity index (χ1v) is 9.13. The van der Waals surface area contributed by atoms with Crippen molar-refractivity contribution in [3.05, 3.63) is 47.3 Å². The Morgan fingerprint density at radius 2 is 2.11 bits per heavy atom. The molecule has 1 saturated heterocycles. The van der Waals surface area contributed by atoms with Gasteiger partial charge < -0.3 is 16.0 Å². The number of nitrogen functional groups attached to an aromatic ring is 1. The fourth-order valence-corrected chi connectivity index (χ4v) is 3.27. The summed E-state index contributed by atoms with van der Waals surface area (Å²) in [6.45, 7) is 6.56. The fraction of sp³-hybridized carbons (Fsp3) is 0.400. The van der Waals surface area contributed by atoms with Crippen LogP contribution < -0.4 is 16.0 Å². The van der Waals surface area contributed by atoms with Gasteiger partial charge in [0.2, 0.25) is 11.9 Å². The van der Waals surface area contributed by atoms with Gasteiger partial charge in [0.05, 0.1) is 6.04 Å².